The van der Waals surface area contributed by atoms with Gasteiger partial charge in [-0.05, 0) is 13.3 Å². The maximum absolute atomic E-state index is 11.4. The van der Waals surface area contributed by atoms with Gasteiger partial charge in [0.05, 0.1) is 11.5 Å². The second kappa shape index (κ2) is 6.02. The summed E-state index contributed by atoms with van der Waals surface area (Å²) >= 11 is 5.91. The van der Waals surface area contributed by atoms with Crippen LogP contribution < -0.4 is 5.32 Å². The van der Waals surface area contributed by atoms with Gasteiger partial charge in [-0.2, -0.15) is 0 Å². The highest BCUT2D eigenvalue weighted by atomic mass is 35.5. The van der Waals surface area contributed by atoms with E-state index in [9.17, 15) is 8.42 Å². The van der Waals surface area contributed by atoms with E-state index in [4.69, 9.17) is 16.3 Å². The van der Waals surface area contributed by atoms with E-state index in [2.05, 4.69) is 15.3 Å². The number of hydrogen-bond acceptors (Lipinski definition) is 6. The van der Waals surface area contributed by atoms with Gasteiger partial charge in [-0.15, -0.1) is 0 Å². The Morgan fingerprint density at radius 1 is 1.53 bits per heavy atom. The zero-order valence-electron chi connectivity index (χ0n) is 10.6. The summed E-state index contributed by atoms with van der Waals surface area (Å²) < 4.78 is 28.0. The first-order valence-corrected chi connectivity index (χ1v) is 8.26. The van der Waals surface area contributed by atoms with Gasteiger partial charge in [0.25, 0.3) is 0 Å². The SMILES string of the molecule is CCOCc1nc(Cl)cc(NC2CCS(=O)(=O)C2)n1. The largest absolute Gasteiger partial charge is 0.374 e. The molecule has 0 aromatic carbocycles. The smallest absolute Gasteiger partial charge is 0.158 e. The standard InChI is InChI=1S/C11H16ClN3O3S/c1-2-18-6-11-14-9(12)5-10(15-11)13-8-3-4-19(16,17)7-8/h5,8H,2-4,6-7H2,1H3,(H,13,14,15). The van der Waals surface area contributed by atoms with Gasteiger partial charge in [0.1, 0.15) is 17.6 Å². The molecule has 8 heteroatoms. The lowest BCUT2D eigenvalue weighted by molar-refractivity contribution is 0.128. The predicted molar refractivity (Wildman–Crippen MR) is 73.1 cm³/mol. The van der Waals surface area contributed by atoms with Crippen LogP contribution in [0.2, 0.25) is 5.15 Å². The van der Waals surface area contributed by atoms with E-state index in [1.54, 1.807) is 6.07 Å². The van der Waals surface area contributed by atoms with Crippen LogP contribution in [0.5, 0.6) is 0 Å². The van der Waals surface area contributed by atoms with E-state index < -0.39 is 9.84 Å². The number of sulfone groups is 1. The number of anilines is 1. The second-order valence-corrected chi connectivity index (χ2v) is 6.99. The van der Waals surface area contributed by atoms with E-state index >= 15 is 0 Å². The fourth-order valence-corrected chi connectivity index (χ4v) is 3.79. The Hall–Kier alpha value is -0.920. The van der Waals surface area contributed by atoms with Crippen LogP contribution in [0.3, 0.4) is 0 Å². The first kappa shape index (κ1) is 14.5. The van der Waals surface area contributed by atoms with E-state index in [1.807, 2.05) is 6.92 Å². The number of halogens is 1. The van der Waals surface area contributed by atoms with Crippen molar-refractivity contribution in [1.29, 1.82) is 0 Å². The lowest BCUT2D eigenvalue weighted by atomic mass is 10.2. The van der Waals surface area contributed by atoms with E-state index in [0.717, 1.165) is 0 Å². The molecule has 1 aromatic rings. The predicted octanol–water partition coefficient (Wildman–Crippen LogP) is 1.27. The quantitative estimate of drug-likeness (QED) is 0.825. The Morgan fingerprint density at radius 2 is 2.32 bits per heavy atom. The summed E-state index contributed by atoms with van der Waals surface area (Å²) in [6.07, 6.45) is 0.588. The number of nitrogens with one attached hydrogen (secondary N) is 1. The summed E-state index contributed by atoms with van der Waals surface area (Å²) in [5.41, 5.74) is 0. The fourth-order valence-electron chi connectivity index (χ4n) is 1.91. The Labute approximate surface area is 117 Å². The Bertz CT molecular complexity index is 550. The average Bonchev–Trinajstić information content (AvgIpc) is 2.65. The maximum Gasteiger partial charge on any atom is 0.158 e. The highest BCUT2D eigenvalue weighted by Gasteiger charge is 2.28. The van der Waals surface area contributed by atoms with Crippen LogP contribution in [0, 0.1) is 0 Å². The van der Waals surface area contributed by atoms with E-state index in [0.29, 0.717) is 29.8 Å². The Morgan fingerprint density at radius 3 is 2.95 bits per heavy atom. The van der Waals surface area contributed by atoms with Gasteiger partial charge >= 0.3 is 0 Å². The first-order chi connectivity index (χ1) is 8.98. The van der Waals surface area contributed by atoms with Crippen molar-refractivity contribution in [2.75, 3.05) is 23.4 Å². The van der Waals surface area contributed by atoms with Gasteiger partial charge in [0, 0.05) is 18.7 Å². The summed E-state index contributed by atoms with van der Waals surface area (Å²) in [6.45, 7) is 2.74. The van der Waals surface area contributed by atoms with Gasteiger partial charge in [-0.3, -0.25) is 0 Å². The molecule has 0 bridgehead atoms. The molecule has 0 amide bonds. The third-order valence-electron chi connectivity index (χ3n) is 2.76. The molecule has 0 aliphatic carbocycles. The van der Waals surface area contributed by atoms with Crippen molar-refractivity contribution in [2.45, 2.75) is 26.0 Å². The van der Waals surface area contributed by atoms with E-state index in [1.165, 1.54) is 0 Å². The van der Waals surface area contributed by atoms with Crippen LogP contribution in [-0.2, 0) is 21.2 Å². The molecular weight excluding hydrogens is 290 g/mol. The number of ether oxygens (including phenoxy) is 1. The molecular formula is C11H16ClN3O3S. The Balaban J connectivity index is 2.06. The molecule has 1 aliphatic rings. The zero-order valence-corrected chi connectivity index (χ0v) is 12.2. The normalized spacial score (nSPS) is 21.5. The molecule has 1 N–H and O–H groups in total. The molecule has 1 aromatic heterocycles. The molecule has 0 saturated carbocycles. The van der Waals surface area contributed by atoms with E-state index in [-0.39, 0.29) is 24.2 Å². The van der Waals surface area contributed by atoms with Gasteiger partial charge in [-0.25, -0.2) is 18.4 Å². The van der Waals surface area contributed by atoms with Crippen molar-refractivity contribution in [3.05, 3.63) is 17.0 Å². The number of aromatic nitrogens is 2. The second-order valence-electron chi connectivity index (χ2n) is 4.37. The summed E-state index contributed by atoms with van der Waals surface area (Å²) in [7, 11) is -2.91. The molecule has 19 heavy (non-hydrogen) atoms. The summed E-state index contributed by atoms with van der Waals surface area (Å²) in [5.74, 6) is 1.37. The van der Waals surface area contributed by atoms with Crippen molar-refractivity contribution < 1.29 is 13.2 Å². The molecule has 1 aliphatic heterocycles. The molecule has 2 heterocycles. The summed E-state index contributed by atoms with van der Waals surface area (Å²) in [6, 6.07) is 1.47. The lowest BCUT2D eigenvalue weighted by Gasteiger charge is -2.12. The van der Waals surface area contributed by atoms with Gasteiger partial charge in [0.15, 0.2) is 15.7 Å². The van der Waals surface area contributed by atoms with Gasteiger partial charge in [-0.1, -0.05) is 11.6 Å². The molecule has 0 spiro atoms. The fraction of sp³-hybridized carbons (Fsp3) is 0.636. The van der Waals surface area contributed by atoms with Crippen LogP contribution in [0.25, 0.3) is 0 Å². The van der Waals surface area contributed by atoms with Crippen LogP contribution in [-0.4, -0.2) is 42.5 Å². The maximum atomic E-state index is 11.4. The minimum absolute atomic E-state index is 0.115. The average molecular weight is 306 g/mol. The molecule has 1 fully saturated rings. The summed E-state index contributed by atoms with van der Waals surface area (Å²) in [4.78, 5) is 8.30. The summed E-state index contributed by atoms with van der Waals surface area (Å²) in [5, 5.41) is 3.40. The first-order valence-electron chi connectivity index (χ1n) is 6.06. The monoisotopic (exact) mass is 305 g/mol. The van der Waals surface area contributed by atoms with Gasteiger partial charge < -0.3 is 10.1 Å². The van der Waals surface area contributed by atoms with Crippen molar-refractivity contribution in [2.24, 2.45) is 0 Å². The van der Waals surface area contributed by atoms with Crippen molar-refractivity contribution in [3.63, 3.8) is 0 Å². The number of hydrogen-bond donors (Lipinski definition) is 1. The molecule has 1 atom stereocenters. The molecule has 106 valence electrons. The van der Waals surface area contributed by atoms with Crippen molar-refractivity contribution in [1.82, 2.24) is 9.97 Å². The third-order valence-corrected chi connectivity index (χ3v) is 4.72. The van der Waals surface area contributed by atoms with Crippen LogP contribution in [0.1, 0.15) is 19.2 Å². The highest BCUT2D eigenvalue weighted by molar-refractivity contribution is 7.91. The molecule has 0 radical (unpaired) electrons. The van der Waals surface area contributed by atoms with Crippen molar-refractivity contribution >= 4 is 27.3 Å². The Kier molecular flexibility index (Phi) is 4.59. The van der Waals surface area contributed by atoms with Crippen LogP contribution >= 0.6 is 11.6 Å². The minimum atomic E-state index is -2.91. The number of rotatable bonds is 5. The number of nitrogens with zero attached hydrogens (tertiary/aromatic N) is 2. The lowest BCUT2D eigenvalue weighted by Crippen LogP contribution is -2.21. The zero-order chi connectivity index (χ0) is 13.9. The molecule has 6 nitrogen and oxygen atoms in total. The topological polar surface area (TPSA) is 81.2 Å². The van der Waals surface area contributed by atoms with Gasteiger partial charge in [0.2, 0.25) is 0 Å². The van der Waals surface area contributed by atoms with Crippen molar-refractivity contribution in [3.8, 4) is 0 Å². The molecule has 1 saturated heterocycles. The minimum Gasteiger partial charge on any atom is -0.374 e. The van der Waals surface area contributed by atoms with Crippen LogP contribution in [0.4, 0.5) is 5.82 Å². The van der Waals surface area contributed by atoms with Crippen LogP contribution in [0.15, 0.2) is 6.07 Å². The third kappa shape index (κ3) is 4.29. The highest BCUT2D eigenvalue weighted by Crippen LogP contribution is 2.18. The molecule has 1 unspecified atom stereocenters. The molecule has 2 rings (SSSR count).